The van der Waals surface area contributed by atoms with Crippen molar-refractivity contribution in [2.75, 3.05) is 26.4 Å². The number of esters is 2. The summed E-state index contributed by atoms with van der Waals surface area (Å²) in [7, 11) is -9.72. The Morgan fingerprint density at radius 2 is 0.918 bits per heavy atom. The van der Waals surface area contributed by atoms with E-state index in [4.69, 9.17) is 23.8 Å². The SMILES string of the molecule is CCC=CCC=CCC=CCC=CCC=CCC=CCCC(=O)OC(COC(=O)CCCCC=CCC=CCC=CCCCCC)COP(=O)(O)OCC(O)COP(=O)(O)O. The fraction of sp³-hybridized carbons (Fsp3) is 0.565. The lowest BCUT2D eigenvalue weighted by Gasteiger charge is -2.20. The monoisotopic (exact) mass is 896 g/mol. The van der Waals surface area contributed by atoms with Crippen LogP contribution in [0.3, 0.4) is 0 Å². The minimum Gasteiger partial charge on any atom is -0.462 e. The van der Waals surface area contributed by atoms with Gasteiger partial charge in [0.1, 0.15) is 12.7 Å². The first-order chi connectivity index (χ1) is 29.4. The van der Waals surface area contributed by atoms with Gasteiger partial charge in [-0.2, -0.15) is 0 Å². The second kappa shape index (κ2) is 40.8. The molecule has 4 N–H and O–H groups in total. The summed E-state index contributed by atoms with van der Waals surface area (Å²) >= 11 is 0. The standard InChI is InChI=1S/C46H74O13P2/c1-3-5-7-9-11-13-15-17-19-20-21-22-24-26-28-30-32-34-36-38-46(49)59-44(42-58-61(53,54)57-40-43(47)39-56-60(50,51)52)41-55-45(48)37-35-33-31-29-27-25-23-18-16-14-12-10-8-6-4-2/h5,7,11-14,17-19,21-23,26-29,32,34,43-44,47H,3-4,6,8-10,15-16,20,24-25,30-31,33,35-42H2,1-2H3,(H,53,54)(H2,50,51,52). The van der Waals surface area contributed by atoms with Crippen LogP contribution in [0, 0.1) is 0 Å². The minimum atomic E-state index is -4.88. The zero-order valence-corrected chi connectivity index (χ0v) is 38.2. The van der Waals surface area contributed by atoms with Crippen LogP contribution in [0.5, 0.6) is 0 Å². The molecule has 0 aliphatic rings. The molecule has 3 atom stereocenters. The van der Waals surface area contributed by atoms with E-state index in [1.165, 1.54) is 19.3 Å². The van der Waals surface area contributed by atoms with Crippen LogP contribution in [-0.2, 0) is 41.8 Å². The Hall–Kier alpha value is -3.22. The molecular weight excluding hydrogens is 822 g/mol. The zero-order valence-electron chi connectivity index (χ0n) is 36.5. The summed E-state index contributed by atoms with van der Waals surface area (Å²) in [6.07, 6.45) is 49.6. The molecular formula is C46H74O13P2. The van der Waals surface area contributed by atoms with Gasteiger partial charge >= 0.3 is 27.6 Å². The van der Waals surface area contributed by atoms with E-state index in [2.05, 4.69) is 114 Å². The first-order valence-electron chi connectivity index (χ1n) is 21.6. The van der Waals surface area contributed by atoms with Crippen molar-refractivity contribution in [2.24, 2.45) is 0 Å². The number of hydrogen-bond donors (Lipinski definition) is 4. The fourth-order valence-electron chi connectivity index (χ4n) is 4.91. The van der Waals surface area contributed by atoms with E-state index in [0.717, 1.165) is 64.2 Å². The van der Waals surface area contributed by atoms with Gasteiger partial charge in [0.05, 0.1) is 19.8 Å². The van der Waals surface area contributed by atoms with E-state index in [9.17, 15) is 28.7 Å². The fourth-order valence-corrected chi connectivity index (χ4v) is 6.06. The molecule has 15 heteroatoms. The second-order valence-corrected chi connectivity index (χ2v) is 16.6. The molecule has 0 bridgehead atoms. The van der Waals surface area contributed by atoms with E-state index >= 15 is 0 Å². The lowest BCUT2D eigenvalue weighted by atomic mass is 10.1. The van der Waals surface area contributed by atoms with Gasteiger partial charge < -0.3 is 29.3 Å². The Kier molecular flexibility index (Phi) is 38.7. The van der Waals surface area contributed by atoms with Gasteiger partial charge in [0.2, 0.25) is 0 Å². The van der Waals surface area contributed by atoms with Gasteiger partial charge in [-0.3, -0.25) is 23.2 Å². The average molecular weight is 897 g/mol. The van der Waals surface area contributed by atoms with Crippen molar-refractivity contribution in [3.8, 4) is 0 Å². The molecule has 0 amide bonds. The maximum atomic E-state index is 12.6. The smallest absolute Gasteiger partial charge is 0.462 e. The van der Waals surface area contributed by atoms with Gasteiger partial charge in [-0.15, -0.1) is 0 Å². The van der Waals surface area contributed by atoms with E-state index in [1.54, 1.807) is 0 Å². The van der Waals surface area contributed by atoms with Crippen LogP contribution in [0.2, 0.25) is 0 Å². The Labute approximate surface area is 365 Å². The number of unbranched alkanes of at least 4 members (excludes halogenated alkanes) is 5. The first-order valence-corrected chi connectivity index (χ1v) is 24.6. The molecule has 0 fully saturated rings. The molecule has 0 radical (unpaired) electrons. The van der Waals surface area contributed by atoms with Crippen LogP contribution in [-0.4, -0.2) is 70.4 Å². The highest BCUT2D eigenvalue weighted by Crippen LogP contribution is 2.43. The zero-order chi connectivity index (χ0) is 45.1. The molecule has 346 valence electrons. The number of carbonyl (C=O) groups excluding carboxylic acids is 2. The minimum absolute atomic E-state index is 0.00879. The summed E-state index contributed by atoms with van der Waals surface area (Å²) in [5, 5.41) is 9.74. The molecule has 0 aromatic rings. The third-order valence-corrected chi connectivity index (χ3v) is 9.59. The Balaban J connectivity index is 4.74. The van der Waals surface area contributed by atoms with Crippen molar-refractivity contribution < 1.29 is 61.6 Å². The number of rotatable bonds is 39. The third-order valence-electron chi connectivity index (χ3n) is 8.15. The van der Waals surface area contributed by atoms with Crippen molar-refractivity contribution in [1.82, 2.24) is 0 Å². The molecule has 0 aromatic carbocycles. The van der Waals surface area contributed by atoms with E-state index in [0.29, 0.717) is 19.3 Å². The van der Waals surface area contributed by atoms with Crippen LogP contribution in [0.25, 0.3) is 0 Å². The second-order valence-electron chi connectivity index (χ2n) is 13.9. The summed E-state index contributed by atoms with van der Waals surface area (Å²) < 4.78 is 47.6. The van der Waals surface area contributed by atoms with Crippen LogP contribution in [0.1, 0.15) is 129 Å². The van der Waals surface area contributed by atoms with Crippen LogP contribution >= 0.6 is 15.6 Å². The maximum Gasteiger partial charge on any atom is 0.472 e. The summed E-state index contributed by atoms with van der Waals surface area (Å²) in [6.45, 7) is 1.46. The number of carbonyl (C=O) groups is 2. The lowest BCUT2D eigenvalue weighted by molar-refractivity contribution is -0.161. The van der Waals surface area contributed by atoms with E-state index in [1.807, 2.05) is 18.2 Å². The summed E-state index contributed by atoms with van der Waals surface area (Å²) in [4.78, 5) is 52.6. The summed E-state index contributed by atoms with van der Waals surface area (Å²) in [5.41, 5.74) is 0. The molecule has 13 nitrogen and oxygen atoms in total. The highest BCUT2D eigenvalue weighted by molar-refractivity contribution is 7.47. The van der Waals surface area contributed by atoms with E-state index < -0.39 is 66.2 Å². The highest BCUT2D eigenvalue weighted by atomic mass is 31.2. The number of aliphatic hydroxyl groups excluding tert-OH is 1. The molecule has 0 spiro atoms. The van der Waals surface area contributed by atoms with Crippen molar-refractivity contribution in [3.63, 3.8) is 0 Å². The predicted octanol–water partition coefficient (Wildman–Crippen LogP) is 11.1. The average Bonchev–Trinajstić information content (AvgIpc) is 3.22. The molecule has 0 aliphatic carbocycles. The van der Waals surface area contributed by atoms with Crippen molar-refractivity contribution in [3.05, 3.63) is 109 Å². The number of hydrogen-bond acceptors (Lipinski definition) is 10. The number of phosphoric ester groups is 2. The number of phosphoric acid groups is 2. The molecule has 0 rings (SSSR count). The van der Waals surface area contributed by atoms with Crippen molar-refractivity contribution >= 4 is 27.6 Å². The van der Waals surface area contributed by atoms with Gasteiger partial charge in [-0.25, -0.2) is 9.13 Å². The molecule has 3 unspecified atom stereocenters. The van der Waals surface area contributed by atoms with Crippen LogP contribution in [0.15, 0.2) is 109 Å². The number of allylic oxidation sites excluding steroid dienone is 18. The van der Waals surface area contributed by atoms with Crippen LogP contribution < -0.4 is 0 Å². The molecule has 0 saturated heterocycles. The maximum absolute atomic E-state index is 12.6. The highest BCUT2D eigenvalue weighted by Gasteiger charge is 2.28. The molecule has 0 saturated carbocycles. The summed E-state index contributed by atoms with van der Waals surface area (Å²) in [5.74, 6) is -1.19. The number of aliphatic hydroxyl groups is 1. The quantitative estimate of drug-likeness (QED) is 0.0197. The van der Waals surface area contributed by atoms with Crippen molar-refractivity contribution in [1.29, 1.82) is 0 Å². The Morgan fingerprint density at radius 1 is 0.492 bits per heavy atom. The Bertz CT molecular complexity index is 1490. The number of ether oxygens (including phenoxy) is 2. The predicted molar refractivity (Wildman–Crippen MR) is 243 cm³/mol. The first kappa shape index (κ1) is 57.8. The summed E-state index contributed by atoms with van der Waals surface area (Å²) in [6, 6.07) is 0. The lowest BCUT2D eigenvalue weighted by Crippen LogP contribution is -2.29. The normalized spacial score (nSPS) is 15.0. The van der Waals surface area contributed by atoms with Crippen LogP contribution in [0.4, 0.5) is 0 Å². The van der Waals surface area contributed by atoms with Gasteiger partial charge in [-0.05, 0) is 89.9 Å². The molecule has 0 aliphatic heterocycles. The Morgan fingerprint density at radius 3 is 1.39 bits per heavy atom. The molecule has 0 aromatic heterocycles. The third kappa shape index (κ3) is 44.6. The van der Waals surface area contributed by atoms with Gasteiger partial charge in [0, 0.05) is 12.8 Å². The van der Waals surface area contributed by atoms with Crippen molar-refractivity contribution in [2.45, 2.75) is 142 Å². The van der Waals surface area contributed by atoms with Gasteiger partial charge in [-0.1, -0.05) is 136 Å². The molecule has 0 heterocycles. The van der Waals surface area contributed by atoms with Gasteiger partial charge in [0.25, 0.3) is 0 Å². The largest absolute Gasteiger partial charge is 0.472 e. The topological polar surface area (TPSA) is 195 Å². The van der Waals surface area contributed by atoms with E-state index in [-0.39, 0.29) is 12.8 Å². The molecule has 61 heavy (non-hydrogen) atoms. The van der Waals surface area contributed by atoms with Gasteiger partial charge in [0.15, 0.2) is 6.10 Å².